The fourth-order valence-electron chi connectivity index (χ4n) is 1.39. The lowest BCUT2D eigenvalue weighted by molar-refractivity contribution is 1.38. The van der Waals surface area contributed by atoms with Crippen molar-refractivity contribution in [2.24, 2.45) is 0 Å². The zero-order valence-electron chi connectivity index (χ0n) is 8.99. The highest BCUT2D eigenvalue weighted by Gasteiger charge is 2.01. The molecule has 17 heavy (non-hydrogen) atoms. The molecule has 0 aliphatic heterocycles. The quantitative estimate of drug-likeness (QED) is 0.643. The molecule has 0 heterocycles. The lowest BCUT2D eigenvalue weighted by atomic mass is 10.2. The molecule has 0 unspecified atom stereocenters. The van der Waals surface area contributed by atoms with Crippen LogP contribution in [0.2, 0.25) is 10.0 Å². The van der Waals surface area contributed by atoms with Crippen molar-refractivity contribution >= 4 is 40.7 Å². The van der Waals surface area contributed by atoms with Gasteiger partial charge in [0.05, 0.1) is 0 Å². The number of hydrogen-bond donors (Lipinski definition) is 1. The number of benzene rings is 2. The Morgan fingerprint density at radius 3 is 2.24 bits per heavy atom. The molecule has 2 aromatic carbocycles. The Balaban J connectivity index is 2.04. The molecule has 0 saturated heterocycles. The van der Waals surface area contributed by atoms with Crippen LogP contribution in [-0.2, 0) is 5.75 Å². The van der Waals surface area contributed by atoms with Gasteiger partial charge in [-0.2, -0.15) is 0 Å². The van der Waals surface area contributed by atoms with E-state index in [0.717, 1.165) is 22.0 Å². The van der Waals surface area contributed by atoms with E-state index in [1.807, 2.05) is 36.4 Å². The molecule has 0 radical (unpaired) electrons. The van der Waals surface area contributed by atoms with E-state index in [2.05, 4.69) is 0 Å². The normalized spacial score (nSPS) is 10.5. The summed E-state index contributed by atoms with van der Waals surface area (Å²) in [7, 11) is 0. The van der Waals surface area contributed by atoms with Gasteiger partial charge >= 0.3 is 0 Å². The van der Waals surface area contributed by atoms with Gasteiger partial charge in [0.25, 0.3) is 0 Å². The number of nitrogen functional groups attached to an aromatic ring is 1. The van der Waals surface area contributed by atoms with Crippen molar-refractivity contribution in [1.82, 2.24) is 0 Å². The predicted octanol–water partition coefficient (Wildman–Crippen LogP) is 4.87. The molecular weight excluding hydrogens is 273 g/mol. The Morgan fingerprint density at radius 2 is 1.59 bits per heavy atom. The van der Waals surface area contributed by atoms with Crippen molar-refractivity contribution in [2.75, 3.05) is 5.73 Å². The van der Waals surface area contributed by atoms with Crippen LogP contribution in [0, 0.1) is 0 Å². The topological polar surface area (TPSA) is 26.0 Å². The van der Waals surface area contributed by atoms with Gasteiger partial charge in [0, 0.05) is 26.4 Å². The highest BCUT2D eigenvalue weighted by atomic mass is 35.5. The minimum Gasteiger partial charge on any atom is -0.398 e. The van der Waals surface area contributed by atoms with E-state index in [1.165, 1.54) is 4.90 Å². The van der Waals surface area contributed by atoms with Gasteiger partial charge in [0.2, 0.25) is 0 Å². The van der Waals surface area contributed by atoms with Crippen molar-refractivity contribution in [2.45, 2.75) is 10.6 Å². The van der Waals surface area contributed by atoms with Crippen LogP contribution in [0.25, 0.3) is 0 Å². The van der Waals surface area contributed by atoms with E-state index < -0.39 is 0 Å². The van der Waals surface area contributed by atoms with E-state index in [1.54, 1.807) is 17.8 Å². The number of thioether (sulfide) groups is 1. The predicted molar refractivity (Wildman–Crippen MR) is 76.9 cm³/mol. The fraction of sp³-hybridized carbons (Fsp3) is 0.0769. The molecule has 0 aliphatic rings. The first-order valence-corrected chi connectivity index (χ1v) is 6.81. The lowest BCUT2D eigenvalue weighted by Crippen LogP contribution is -1.92. The molecule has 2 N–H and O–H groups in total. The highest BCUT2D eigenvalue weighted by Crippen LogP contribution is 2.27. The average Bonchev–Trinajstić information content (AvgIpc) is 2.30. The smallest absolute Gasteiger partial charge is 0.0426 e. The van der Waals surface area contributed by atoms with Crippen molar-refractivity contribution in [3.63, 3.8) is 0 Å². The van der Waals surface area contributed by atoms with Crippen LogP contribution in [-0.4, -0.2) is 0 Å². The number of nitrogens with two attached hydrogens (primary N) is 1. The molecular formula is C13H11Cl2NS. The Hall–Kier alpha value is -0.830. The molecule has 0 fully saturated rings. The van der Waals surface area contributed by atoms with E-state index in [-0.39, 0.29) is 0 Å². The van der Waals surface area contributed by atoms with Gasteiger partial charge in [0.15, 0.2) is 0 Å². The molecule has 4 heteroatoms. The van der Waals surface area contributed by atoms with Crippen molar-refractivity contribution in [3.05, 3.63) is 58.1 Å². The van der Waals surface area contributed by atoms with Gasteiger partial charge in [-0.3, -0.25) is 0 Å². The summed E-state index contributed by atoms with van der Waals surface area (Å²) in [6.45, 7) is 0. The maximum Gasteiger partial charge on any atom is 0.0426 e. The molecule has 0 bridgehead atoms. The third-order valence-electron chi connectivity index (χ3n) is 2.32. The lowest BCUT2D eigenvalue weighted by Gasteiger charge is -2.06. The van der Waals surface area contributed by atoms with Crippen LogP contribution in [0.5, 0.6) is 0 Å². The second-order valence-corrected chi connectivity index (χ2v) is 5.51. The molecule has 2 rings (SSSR count). The Morgan fingerprint density at radius 1 is 0.941 bits per heavy atom. The minimum absolute atomic E-state index is 0.669. The fourth-order valence-corrected chi connectivity index (χ4v) is 2.61. The Bertz CT molecular complexity index is 511. The van der Waals surface area contributed by atoms with Crippen LogP contribution in [0.4, 0.5) is 5.69 Å². The van der Waals surface area contributed by atoms with Crippen LogP contribution < -0.4 is 5.73 Å². The van der Waals surface area contributed by atoms with Gasteiger partial charge in [-0.25, -0.2) is 0 Å². The summed E-state index contributed by atoms with van der Waals surface area (Å²) < 4.78 is 0. The van der Waals surface area contributed by atoms with Crippen LogP contribution in [0.1, 0.15) is 5.56 Å². The summed E-state index contributed by atoms with van der Waals surface area (Å²) in [6, 6.07) is 13.4. The van der Waals surface area contributed by atoms with Gasteiger partial charge < -0.3 is 5.73 Å². The van der Waals surface area contributed by atoms with Gasteiger partial charge in [-0.1, -0.05) is 29.3 Å². The largest absolute Gasteiger partial charge is 0.398 e. The Labute approximate surface area is 115 Å². The Kier molecular flexibility index (Phi) is 4.21. The summed E-state index contributed by atoms with van der Waals surface area (Å²) in [5, 5.41) is 1.42. The van der Waals surface area contributed by atoms with Crippen molar-refractivity contribution in [1.29, 1.82) is 0 Å². The summed E-state index contributed by atoms with van der Waals surface area (Å²) in [5.41, 5.74) is 7.72. The van der Waals surface area contributed by atoms with Gasteiger partial charge in [0.1, 0.15) is 0 Å². The maximum atomic E-state index is 5.89. The third kappa shape index (κ3) is 3.56. The monoisotopic (exact) mass is 283 g/mol. The number of rotatable bonds is 3. The van der Waals surface area contributed by atoms with Crippen LogP contribution in [0.3, 0.4) is 0 Å². The van der Waals surface area contributed by atoms with E-state index in [4.69, 9.17) is 28.9 Å². The summed E-state index contributed by atoms with van der Waals surface area (Å²) in [4.78, 5) is 1.17. The number of hydrogen-bond acceptors (Lipinski definition) is 2. The summed E-state index contributed by atoms with van der Waals surface area (Å²) in [5.74, 6) is 0.824. The second-order valence-electron chi connectivity index (χ2n) is 3.59. The second kappa shape index (κ2) is 5.67. The highest BCUT2D eigenvalue weighted by molar-refractivity contribution is 7.98. The molecule has 0 aliphatic carbocycles. The molecule has 0 aromatic heterocycles. The van der Waals surface area contributed by atoms with E-state index in [9.17, 15) is 0 Å². The van der Waals surface area contributed by atoms with Crippen molar-refractivity contribution < 1.29 is 0 Å². The maximum absolute atomic E-state index is 5.89. The zero-order chi connectivity index (χ0) is 12.3. The van der Waals surface area contributed by atoms with Gasteiger partial charge in [-0.15, -0.1) is 11.8 Å². The average molecular weight is 284 g/mol. The molecule has 88 valence electrons. The van der Waals surface area contributed by atoms with Crippen molar-refractivity contribution in [3.8, 4) is 0 Å². The number of halogens is 2. The van der Waals surface area contributed by atoms with Crippen LogP contribution in [0.15, 0.2) is 47.4 Å². The van der Waals surface area contributed by atoms with Crippen LogP contribution >= 0.6 is 35.0 Å². The summed E-state index contributed by atoms with van der Waals surface area (Å²) >= 11 is 13.4. The first-order chi connectivity index (χ1) is 8.15. The van der Waals surface area contributed by atoms with E-state index in [0.29, 0.717) is 5.02 Å². The first-order valence-electron chi connectivity index (χ1n) is 5.07. The summed E-state index contributed by atoms with van der Waals surface area (Å²) in [6.07, 6.45) is 0. The zero-order valence-corrected chi connectivity index (χ0v) is 11.3. The molecule has 2 aromatic rings. The number of anilines is 1. The van der Waals surface area contributed by atoms with E-state index >= 15 is 0 Å². The third-order valence-corrected chi connectivity index (χ3v) is 3.86. The first kappa shape index (κ1) is 12.6. The molecule has 0 spiro atoms. The SMILES string of the molecule is Nc1cc(Cl)ccc1CSc1ccc(Cl)cc1. The standard InChI is InChI=1S/C13H11Cl2NS/c14-10-3-5-12(6-4-10)17-8-9-1-2-11(15)7-13(9)16/h1-7H,8,16H2. The minimum atomic E-state index is 0.669. The van der Waals surface area contributed by atoms with Gasteiger partial charge in [-0.05, 0) is 42.0 Å². The molecule has 0 amide bonds. The molecule has 0 atom stereocenters. The molecule has 0 saturated carbocycles. The molecule has 1 nitrogen and oxygen atoms in total.